The van der Waals surface area contributed by atoms with Gasteiger partial charge in [-0.15, -0.1) is 0 Å². The molecule has 0 saturated heterocycles. The number of fused-ring (bicyclic) bond motifs is 1. The molecule has 0 aliphatic rings. The van der Waals surface area contributed by atoms with Crippen LogP contribution < -0.4 is 0 Å². The minimum Gasteiger partial charge on any atom is -0.350 e. The van der Waals surface area contributed by atoms with E-state index < -0.39 is 8.07 Å². The molecule has 0 spiro atoms. The molecule has 2 nitrogen and oxygen atoms in total. The number of aldehydes is 1. The molecule has 0 saturated carbocycles. The monoisotopic (exact) mass is 231 g/mol. The maximum Gasteiger partial charge on any atom is 0.152 e. The minimum absolute atomic E-state index is 0.800. The molecule has 0 fully saturated rings. The second-order valence-electron chi connectivity index (χ2n) is 5.41. The summed E-state index contributed by atoms with van der Waals surface area (Å²) in [5, 5.41) is 1.07. The Morgan fingerprint density at radius 1 is 1.25 bits per heavy atom. The van der Waals surface area contributed by atoms with Gasteiger partial charge in [0.05, 0.1) is 8.07 Å². The summed E-state index contributed by atoms with van der Waals surface area (Å²) in [7, 11) is -1.17. The van der Waals surface area contributed by atoms with Crippen molar-refractivity contribution < 1.29 is 4.79 Å². The Hall–Kier alpha value is -1.35. The summed E-state index contributed by atoms with van der Waals surface area (Å²) in [5.41, 5.74) is 1.97. The predicted molar refractivity (Wildman–Crippen MR) is 70.7 cm³/mol. The van der Waals surface area contributed by atoms with Gasteiger partial charge < -0.3 is 4.57 Å². The molecule has 0 aliphatic carbocycles. The molecule has 0 atom stereocenters. The molecule has 0 N–H and O–H groups in total. The first-order chi connectivity index (χ1) is 7.51. The van der Waals surface area contributed by atoms with Gasteiger partial charge in [0, 0.05) is 28.8 Å². The summed E-state index contributed by atoms with van der Waals surface area (Å²) in [4.78, 5) is 11.0. The lowest BCUT2D eigenvalue weighted by atomic mass is 10.2. The zero-order valence-electron chi connectivity index (χ0n) is 10.0. The first-order valence-corrected chi connectivity index (χ1v) is 9.25. The molecular formula is C13H17NOSi. The summed E-state index contributed by atoms with van der Waals surface area (Å²) in [6.45, 7) is 7.01. The summed E-state index contributed by atoms with van der Waals surface area (Å²) >= 11 is 0. The predicted octanol–water partition coefficient (Wildman–Crippen LogP) is 3.33. The van der Waals surface area contributed by atoms with Crippen molar-refractivity contribution >= 4 is 25.3 Å². The quantitative estimate of drug-likeness (QED) is 0.586. The Labute approximate surface area is 96.9 Å². The number of rotatable bonds is 3. The maximum atomic E-state index is 11.0. The number of nitrogens with zero attached hydrogens (tertiary/aromatic N) is 1. The van der Waals surface area contributed by atoms with Crippen LogP contribution in [0.25, 0.3) is 10.9 Å². The molecule has 0 aliphatic heterocycles. The van der Waals surface area contributed by atoms with Crippen LogP contribution in [0, 0.1) is 0 Å². The van der Waals surface area contributed by atoms with Gasteiger partial charge in [-0.25, -0.2) is 0 Å². The van der Waals surface area contributed by atoms with E-state index in [1.54, 1.807) is 0 Å². The fourth-order valence-electron chi connectivity index (χ4n) is 2.01. The first-order valence-electron chi connectivity index (χ1n) is 5.54. The molecule has 1 heterocycles. The van der Waals surface area contributed by atoms with E-state index in [9.17, 15) is 4.79 Å². The third-order valence-electron chi connectivity index (χ3n) is 2.59. The molecular weight excluding hydrogens is 214 g/mol. The van der Waals surface area contributed by atoms with Gasteiger partial charge in [-0.1, -0.05) is 37.8 Å². The largest absolute Gasteiger partial charge is 0.350 e. The second kappa shape index (κ2) is 3.90. The van der Waals surface area contributed by atoms with Gasteiger partial charge in [0.25, 0.3) is 0 Å². The van der Waals surface area contributed by atoms with E-state index in [-0.39, 0.29) is 0 Å². The molecule has 2 rings (SSSR count). The highest BCUT2D eigenvalue weighted by Gasteiger charge is 2.16. The Balaban J connectivity index is 2.58. The Morgan fingerprint density at radius 3 is 2.56 bits per heavy atom. The Bertz CT molecular complexity index is 522. The lowest BCUT2D eigenvalue weighted by Gasteiger charge is -2.17. The van der Waals surface area contributed by atoms with E-state index in [0.717, 1.165) is 23.4 Å². The molecule has 1 aromatic heterocycles. The van der Waals surface area contributed by atoms with Crippen molar-refractivity contribution in [1.82, 2.24) is 4.57 Å². The minimum atomic E-state index is -1.17. The standard InChI is InChI=1S/C13H17NOSi/c1-16(2,3)10-14-8-11(9-15)12-6-4-5-7-13(12)14/h4-9H,10H2,1-3H3. The zero-order chi connectivity index (χ0) is 11.8. The van der Waals surface area contributed by atoms with Crippen molar-refractivity contribution in [2.24, 2.45) is 0 Å². The van der Waals surface area contributed by atoms with E-state index in [0.29, 0.717) is 0 Å². The van der Waals surface area contributed by atoms with Crippen LogP contribution >= 0.6 is 0 Å². The summed E-state index contributed by atoms with van der Waals surface area (Å²) in [6, 6.07) is 8.11. The number of para-hydroxylation sites is 1. The molecule has 16 heavy (non-hydrogen) atoms. The lowest BCUT2D eigenvalue weighted by Crippen LogP contribution is -2.27. The number of aromatic nitrogens is 1. The van der Waals surface area contributed by atoms with E-state index in [1.807, 2.05) is 24.4 Å². The smallest absolute Gasteiger partial charge is 0.152 e. The van der Waals surface area contributed by atoms with Gasteiger partial charge in [-0.05, 0) is 6.07 Å². The molecule has 0 bridgehead atoms. The molecule has 2 aromatic rings. The summed E-state index contributed by atoms with van der Waals surface area (Å²) < 4.78 is 2.23. The molecule has 0 amide bonds. The van der Waals surface area contributed by atoms with E-state index in [1.165, 1.54) is 5.52 Å². The van der Waals surface area contributed by atoms with Crippen LogP contribution in [0.2, 0.25) is 19.6 Å². The van der Waals surface area contributed by atoms with Crippen LogP contribution in [0.15, 0.2) is 30.5 Å². The van der Waals surface area contributed by atoms with Crippen LogP contribution in [-0.4, -0.2) is 18.9 Å². The molecule has 0 unspecified atom stereocenters. The number of carbonyl (C=O) groups is 1. The van der Waals surface area contributed by atoms with Crippen LogP contribution in [-0.2, 0) is 6.17 Å². The van der Waals surface area contributed by atoms with Crippen molar-refractivity contribution in [2.75, 3.05) is 0 Å². The maximum absolute atomic E-state index is 11.0. The second-order valence-corrected chi connectivity index (χ2v) is 10.8. The van der Waals surface area contributed by atoms with Crippen molar-refractivity contribution in [2.45, 2.75) is 25.8 Å². The van der Waals surface area contributed by atoms with Crippen LogP contribution in [0.4, 0.5) is 0 Å². The fourth-order valence-corrected chi connectivity index (χ4v) is 3.29. The zero-order valence-corrected chi connectivity index (χ0v) is 11.0. The van der Waals surface area contributed by atoms with Gasteiger partial charge in [0.1, 0.15) is 0 Å². The first kappa shape index (κ1) is 11.1. The average molecular weight is 231 g/mol. The summed E-state index contributed by atoms with van der Waals surface area (Å²) in [5.74, 6) is 0. The van der Waals surface area contributed by atoms with Crippen molar-refractivity contribution in [3.63, 3.8) is 0 Å². The summed E-state index contributed by atoms with van der Waals surface area (Å²) in [6.07, 6.45) is 3.99. The number of hydrogen-bond acceptors (Lipinski definition) is 1. The third-order valence-corrected chi connectivity index (χ3v) is 3.88. The van der Waals surface area contributed by atoms with Crippen molar-refractivity contribution in [3.05, 3.63) is 36.0 Å². The number of hydrogen-bond donors (Lipinski definition) is 0. The molecule has 3 heteroatoms. The highest BCUT2D eigenvalue weighted by atomic mass is 28.3. The highest BCUT2D eigenvalue weighted by molar-refractivity contribution is 6.75. The van der Waals surface area contributed by atoms with E-state index in [2.05, 4.69) is 30.3 Å². The topological polar surface area (TPSA) is 22.0 Å². The van der Waals surface area contributed by atoms with Gasteiger partial charge in [-0.2, -0.15) is 0 Å². The Kier molecular flexibility index (Phi) is 2.72. The van der Waals surface area contributed by atoms with Crippen molar-refractivity contribution in [3.8, 4) is 0 Å². The van der Waals surface area contributed by atoms with Gasteiger partial charge in [0.2, 0.25) is 0 Å². The molecule has 0 radical (unpaired) electrons. The van der Waals surface area contributed by atoms with Gasteiger partial charge in [0.15, 0.2) is 6.29 Å². The number of benzene rings is 1. The Morgan fingerprint density at radius 2 is 1.94 bits per heavy atom. The van der Waals surface area contributed by atoms with Crippen LogP contribution in [0.5, 0.6) is 0 Å². The average Bonchev–Trinajstić information content (AvgIpc) is 2.55. The molecule has 84 valence electrons. The molecule has 1 aromatic carbocycles. The van der Waals surface area contributed by atoms with E-state index >= 15 is 0 Å². The van der Waals surface area contributed by atoms with Crippen LogP contribution in [0.1, 0.15) is 10.4 Å². The van der Waals surface area contributed by atoms with Crippen LogP contribution in [0.3, 0.4) is 0 Å². The fraction of sp³-hybridized carbons (Fsp3) is 0.308. The van der Waals surface area contributed by atoms with Gasteiger partial charge >= 0.3 is 0 Å². The lowest BCUT2D eigenvalue weighted by molar-refractivity contribution is 0.112. The highest BCUT2D eigenvalue weighted by Crippen LogP contribution is 2.21. The van der Waals surface area contributed by atoms with Gasteiger partial charge in [-0.3, -0.25) is 4.79 Å². The third kappa shape index (κ3) is 2.09. The van der Waals surface area contributed by atoms with E-state index in [4.69, 9.17) is 0 Å². The number of carbonyl (C=O) groups excluding carboxylic acids is 1. The normalized spacial score (nSPS) is 11.9. The van der Waals surface area contributed by atoms with Crippen molar-refractivity contribution in [1.29, 1.82) is 0 Å². The SMILES string of the molecule is C[Si](C)(C)Cn1cc(C=O)c2ccccc21.